The Balaban J connectivity index is 2.92. The average molecular weight is 279 g/mol. The van der Waals surface area contributed by atoms with Crippen LogP contribution < -0.4 is 10.5 Å². The molecule has 0 aliphatic rings. The van der Waals surface area contributed by atoms with Crippen molar-refractivity contribution in [3.8, 4) is 5.75 Å². The SMILES string of the molecule is N=C(N)c1ccc(Br)cc1OCC(F)F. The number of nitrogens with two attached hydrogens (primary N) is 1. The van der Waals surface area contributed by atoms with Crippen LogP contribution >= 0.6 is 15.9 Å². The quantitative estimate of drug-likeness (QED) is 0.656. The van der Waals surface area contributed by atoms with E-state index in [0.717, 1.165) is 0 Å². The van der Waals surface area contributed by atoms with E-state index < -0.39 is 13.0 Å². The van der Waals surface area contributed by atoms with Crippen LogP contribution in [0, 0.1) is 5.41 Å². The zero-order valence-corrected chi connectivity index (χ0v) is 9.22. The van der Waals surface area contributed by atoms with E-state index in [9.17, 15) is 8.78 Å². The Morgan fingerprint density at radius 3 is 2.73 bits per heavy atom. The molecule has 0 radical (unpaired) electrons. The van der Waals surface area contributed by atoms with Gasteiger partial charge in [-0.25, -0.2) is 8.78 Å². The maximum Gasteiger partial charge on any atom is 0.272 e. The van der Waals surface area contributed by atoms with Crippen molar-refractivity contribution in [2.75, 3.05) is 6.61 Å². The second kappa shape index (κ2) is 5.06. The molecule has 0 aliphatic carbocycles. The minimum atomic E-state index is -2.55. The molecule has 0 spiro atoms. The maximum absolute atomic E-state index is 11.9. The maximum atomic E-state index is 11.9. The van der Waals surface area contributed by atoms with Crippen molar-refractivity contribution >= 4 is 21.8 Å². The zero-order valence-electron chi connectivity index (χ0n) is 7.64. The molecule has 0 saturated carbocycles. The van der Waals surface area contributed by atoms with Crippen molar-refractivity contribution < 1.29 is 13.5 Å². The van der Waals surface area contributed by atoms with Crippen LogP contribution in [0.2, 0.25) is 0 Å². The summed E-state index contributed by atoms with van der Waals surface area (Å²) >= 11 is 3.17. The van der Waals surface area contributed by atoms with E-state index >= 15 is 0 Å². The lowest BCUT2D eigenvalue weighted by Crippen LogP contribution is -2.15. The predicted molar refractivity (Wildman–Crippen MR) is 56.7 cm³/mol. The zero-order chi connectivity index (χ0) is 11.4. The van der Waals surface area contributed by atoms with Crippen LogP contribution in [0.1, 0.15) is 5.56 Å². The molecule has 1 aromatic carbocycles. The van der Waals surface area contributed by atoms with Gasteiger partial charge in [-0.3, -0.25) is 5.41 Å². The number of amidine groups is 1. The van der Waals surface area contributed by atoms with Crippen LogP contribution in [0.15, 0.2) is 22.7 Å². The minimum absolute atomic E-state index is 0.178. The van der Waals surface area contributed by atoms with Gasteiger partial charge in [0.15, 0.2) is 0 Å². The van der Waals surface area contributed by atoms with Crippen LogP contribution in [0.5, 0.6) is 5.75 Å². The summed E-state index contributed by atoms with van der Waals surface area (Å²) in [5.74, 6) is -0.0380. The molecule has 15 heavy (non-hydrogen) atoms. The molecule has 0 amide bonds. The number of alkyl halides is 2. The molecular weight excluding hydrogens is 270 g/mol. The predicted octanol–water partition coefficient (Wildman–Crippen LogP) is 2.38. The number of rotatable bonds is 4. The third-order valence-electron chi connectivity index (χ3n) is 1.60. The molecule has 0 bridgehead atoms. The van der Waals surface area contributed by atoms with Crippen LogP contribution in [-0.4, -0.2) is 18.9 Å². The lowest BCUT2D eigenvalue weighted by molar-refractivity contribution is 0.0818. The summed E-state index contributed by atoms with van der Waals surface area (Å²) in [7, 11) is 0. The van der Waals surface area contributed by atoms with Gasteiger partial charge in [0.2, 0.25) is 0 Å². The molecule has 0 atom stereocenters. The summed E-state index contributed by atoms with van der Waals surface area (Å²) in [6, 6.07) is 4.69. The summed E-state index contributed by atoms with van der Waals surface area (Å²) < 4.78 is 29.4. The summed E-state index contributed by atoms with van der Waals surface area (Å²) in [6.45, 7) is -0.712. The molecule has 1 rings (SSSR count). The Labute approximate surface area is 93.9 Å². The van der Waals surface area contributed by atoms with Gasteiger partial charge in [0.05, 0.1) is 5.56 Å². The highest BCUT2D eigenvalue weighted by Gasteiger charge is 2.10. The minimum Gasteiger partial charge on any atom is -0.487 e. The van der Waals surface area contributed by atoms with E-state index in [4.69, 9.17) is 15.9 Å². The van der Waals surface area contributed by atoms with Gasteiger partial charge in [-0.15, -0.1) is 0 Å². The van der Waals surface area contributed by atoms with Crippen LogP contribution in [0.4, 0.5) is 8.78 Å². The number of benzene rings is 1. The summed E-state index contributed by atoms with van der Waals surface area (Å²) in [6.07, 6.45) is -2.55. The Kier molecular flexibility index (Phi) is 4.02. The third kappa shape index (κ3) is 3.47. The number of halogens is 3. The Morgan fingerprint density at radius 1 is 1.53 bits per heavy atom. The molecule has 1 aromatic rings. The van der Waals surface area contributed by atoms with Crippen molar-refractivity contribution in [3.63, 3.8) is 0 Å². The van der Waals surface area contributed by atoms with Gasteiger partial charge < -0.3 is 10.5 Å². The van der Waals surface area contributed by atoms with Crippen molar-refractivity contribution in [3.05, 3.63) is 28.2 Å². The van der Waals surface area contributed by atoms with E-state index in [-0.39, 0.29) is 11.6 Å². The number of hydrogen-bond acceptors (Lipinski definition) is 2. The monoisotopic (exact) mass is 278 g/mol. The van der Waals surface area contributed by atoms with Crippen molar-refractivity contribution in [2.24, 2.45) is 5.73 Å². The Hall–Kier alpha value is -1.17. The van der Waals surface area contributed by atoms with Gasteiger partial charge in [0.1, 0.15) is 18.2 Å². The number of nitrogen functional groups attached to an aromatic ring is 1. The van der Waals surface area contributed by atoms with Gasteiger partial charge in [0.25, 0.3) is 6.43 Å². The largest absolute Gasteiger partial charge is 0.487 e. The summed E-state index contributed by atoms with van der Waals surface area (Å²) in [4.78, 5) is 0. The molecule has 0 heterocycles. The van der Waals surface area contributed by atoms with Crippen molar-refractivity contribution in [1.29, 1.82) is 5.41 Å². The van der Waals surface area contributed by atoms with E-state index in [0.29, 0.717) is 10.0 Å². The molecule has 0 fully saturated rings. The number of ether oxygens (including phenoxy) is 1. The van der Waals surface area contributed by atoms with Crippen molar-refractivity contribution in [2.45, 2.75) is 6.43 Å². The highest BCUT2D eigenvalue weighted by molar-refractivity contribution is 9.10. The summed E-state index contributed by atoms with van der Waals surface area (Å²) in [5, 5.41) is 7.23. The molecule has 82 valence electrons. The average Bonchev–Trinajstić information content (AvgIpc) is 2.14. The first-order valence-corrected chi connectivity index (χ1v) is 4.85. The molecule has 0 aliphatic heterocycles. The topological polar surface area (TPSA) is 59.1 Å². The van der Waals surface area contributed by atoms with Gasteiger partial charge in [-0.1, -0.05) is 15.9 Å². The molecular formula is C9H9BrF2N2O. The fourth-order valence-corrected chi connectivity index (χ4v) is 1.33. The number of nitrogens with one attached hydrogen (secondary N) is 1. The number of hydrogen-bond donors (Lipinski definition) is 2. The third-order valence-corrected chi connectivity index (χ3v) is 2.09. The van der Waals surface area contributed by atoms with Crippen LogP contribution in [0.3, 0.4) is 0 Å². The Morgan fingerprint density at radius 2 is 2.20 bits per heavy atom. The lowest BCUT2D eigenvalue weighted by atomic mass is 10.2. The smallest absolute Gasteiger partial charge is 0.272 e. The van der Waals surface area contributed by atoms with Gasteiger partial charge in [0, 0.05) is 4.47 Å². The second-order valence-corrected chi connectivity index (χ2v) is 3.67. The molecule has 3 nitrogen and oxygen atoms in total. The van der Waals surface area contributed by atoms with Crippen LogP contribution in [0.25, 0.3) is 0 Å². The van der Waals surface area contributed by atoms with E-state index in [1.807, 2.05) is 0 Å². The molecule has 0 saturated heterocycles. The van der Waals surface area contributed by atoms with E-state index in [1.54, 1.807) is 6.07 Å². The lowest BCUT2D eigenvalue weighted by Gasteiger charge is -2.10. The van der Waals surface area contributed by atoms with Gasteiger partial charge >= 0.3 is 0 Å². The first-order chi connectivity index (χ1) is 7.00. The Bertz CT molecular complexity index is 371. The van der Waals surface area contributed by atoms with Gasteiger partial charge in [-0.2, -0.15) is 0 Å². The highest BCUT2D eigenvalue weighted by Crippen LogP contribution is 2.23. The standard InChI is InChI=1S/C9H9BrF2N2O/c10-5-1-2-6(9(13)14)7(3-5)15-4-8(11)12/h1-3,8H,4H2,(H3,13,14). The second-order valence-electron chi connectivity index (χ2n) is 2.76. The fourth-order valence-electron chi connectivity index (χ4n) is 0.991. The molecule has 6 heteroatoms. The van der Waals surface area contributed by atoms with E-state index in [1.165, 1.54) is 12.1 Å². The normalized spacial score (nSPS) is 10.4. The molecule has 3 N–H and O–H groups in total. The van der Waals surface area contributed by atoms with Crippen LogP contribution in [-0.2, 0) is 0 Å². The highest BCUT2D eigenvalue weighted by atomic mass is 79.9. The van der Waals surface area contributed by atoms with E-state index in [2.05, 4.69) is 15.9 Å². The van der Waals surface area contributed by atoms with Crippen molar-refractivity contribution in [1.82, 2.24) is 0 Å². The first-order valence-electron chi connectivity index (χ1n) is 4.05. The first kappa shape index (κ1) is 11.9. The molecule has 0 aromatic heterocycles. The molecule has 0 unspecified atom stereocenters. The fraction of sp³-hybridized carbons (Fsp3) is 0.222. The summed E-state index contributed by atoms with van der Waals surface area (Å²) in [5.41, 5.74) is 5.58. The van der Waals surface area contributed by atoms with Gasteiger partial charge in [-0.05, 0) is 18.2 Å².